The fourth-order valence-corrected chi connectivity index (χ4v) is 2.87. The molecule has 1 aliphatic rings. The number of benzene rings is 1. The van der Waals surface area contributed by atoms with Gasteiger partial charge in [-0.3, -0.25) is 0 Å². The summed E-state index contributed by atoms with van der Waals surface area (Å²) in [6.45, 7) is 20.1. The van der Waals surface area contributed by atoms with Gasteiger partial charge in [-0.05, 0) is 57.7 Å². The Labute approximate surface area is 121 Å². The van der Waals surface area contributed by atoms with E-state index < -0.39 is 0 Å². The van der Waals surface area contributed by atoms with Crippen LogP contribution in [0.5, 0.6) is 0 Å². The zero-order valence-electron chi connectivity index (χ0n) is 12.3. The van der Waals surface area contributed by atoms with Crippen LogP contribution >= 0.6 is 0 Å². The maximum absolute atomic E-state index is 4.14. The molecule has 0 fully saturated rings. The van der Waals surface area contributed by atoms with Gasteiger partial charge in [-0.1, -0.05) is 62.8 Å². The monoisotopic (exact) mass is 260 g/mol. The molecule has 0 amide bonds. The first kappa shape index (κ1) is 14.1. The molecule has 0 heteroatoms. The summed E-state index contributed by atoms with van der Waals surface area (Å²) in [5, 5.41) is 2.49. The standard InChI is InChI=1S/C20H20/c1-7-13(5)18-17(10-4)14(6)19-15(8-2)11-12-16(9-3)20(18)19/h7-12H,1,3-5H2,2,6H3/b15-8-. The van der Waals surface area contributed by atoms with Crippen molar-refractivity contribution < 1.29 is 0 Å². The van der Waals surface area contributed by atoms with E-state index in [9.17, 15) is 0 Å². The molecule has 0 aliphatic heterocycles. The fourth-order valence-electron chi connectivity index (χ4n) is 2.87. The molecule has 2 rings (SSSR count). The molecule has 0 aromatic heterocycles. The average molecular weight is 260 g/mol. The predicted molar refractivity (Wildman–Crippen MR) is 91.5 cm³/mol. The van der Waals surface area contributed by atoms with Crippen molar-refractivity contribution in [2.75, 3.05) is 0 Å². The molecule has 0 radical (unpaired) electrons. The van der Waals surface area contributed by atoms with Gasteiger partial charge in [0.1, 0.15) is 0 Å². The van der Waals surface area contributed by atoms with Gasteiger partial charge in [0.25, 0.3) is 0 Å². The van der Waals surface area contributed by atoms with Crippen molar-refractivity contribution in [2.24, 2.45) is 0 Å². The highest BCUT2D eigenvalue weighted by Gasteiger charge is 2.22. The lowest BCUT2D eigenvalue weighted by Crippen LogP contribution is -2.28. The molecule has 1 aromatic rings. The van der Waals surface area contributed by atoms with E-state index in [-0.39, 0.29) is 0 Å². The maximum atomic E-state index is 4.14. The van der Waals surface area contributed by atoms with E-state index in [1.54, 1.807) is 6.08 Å². The van der Waals surface area contributed by atoms with Gasteiger partial charge in [-0.25, -0.2) is 0 Å². The van der Waals surface area contributed by atoms with Crippen molar-refractivity contribution in [1.82, 2.24) is 0 Å². The average Bonchev–Trinajstić information content (AvgIpc) is 2.78. The number of rotatable bonds is 4. The largest absolute Gasteiger partial charge is 0.0985 e. The number of hydrogen-bond acceptors (Lipinski definition) is 0. The topological polar surface area (TPSA) is 0 Å². The summed E-state index contributed by atoms with van der Waals surface area (Å²) >= 11 is 0. The lowest BCUT2D eigenvalue weighted by Gasteiger charge is -2.10. The van der Waals surface area contributed by atoms with E-state index in [0.29, 0.717) is 0 Å². The molecule has 0 saturated heterocycles. The van der Waals surface area contributed by atoms with Gasteiger partial charge in [-0.15, -0.1) is 0 Å². The summed E-state index contributed by atoms with van der Waals surface area (Å²) in [7, 11) is 0. The Bertz CT molecular complexity index is 780. The van der Waals surface area contributed by atoms with Gasteiger partial charge in [-0.2, -0.15) is 0 Å². The van der Waals surface area contributed by atoms with E-state index in [1.165, 1.54) is 21.6 Å². The second kappa shape index (κ2) is 5.34. The van der Waals surface area contributed by atoms with Crippen LogP contribution in [0.3, 0.4) is 0 Å². The second-order valence-electron chi connectivity index (χ2n) is 4.83. The van der Waals surface area contributed by atoms with Gasteiger partial charge in [0.2, 0.25) is 0 Å². The highest BCUT2D eigenvalue weighted by molar-refractivity contribution is 6.00. The predicted octanol–water partition coefficient (Wildman–Crippen LogP) is 4.00. The van der Waals surface area contributed by atoms with Crippen molar-refractivity contribution in [3.05, 3.63) is 83.3 Å². The van der Waals surface area contributed by atoms with E-state index in [2.05, 4.69) is 58.4 Å². The van der Waals surface area contributed by atoms with E-state index in [4.69, 9.17) is 0 Å². The van der Waals surface area contributed by atoms with Crippen LogP contribution in [-0.4, -0.2) is 0 Å². The Morgan fingerprint density at radius 1 is 1.10 bits per heavy atom. The molecular formula is C20H20. The minimum Gasteiger partial charge on any atom is -0.0985 e. The molecule has 0 nitrogen and oxygen atoms in total. The Morgan fingerprint density at radius 3 is 2.30 bits per heavy atom. The third-order valence-corrected chi connectivity index (χ3v) is 3.87. The second-order valence-corrected chi connectivity index (χ2v) is 4.83. The van der Waals surface area contributed by atoms with E-state index in [0.717, 1.165) is 22.3 Å². The number of fused-ring (bicyclic) bond motifs is 1. The highest BCUT2D eigenvalue weighted by atomic mass is 14.2. The van der Waals surface area contributed by atoms with Gasteiger partial charge in [0.15, 0.2) is 0 Å². The summed E-state index contributed by atoms with van der Waals surface area (Å²) < 4.78 is 0. The minimum atomic E-state index is 0.925. The molecular weight excluding hydrogens is 240 g/mol. The van der Waals surface area contributed by atoms with E-state index >= 15 is 0 Å². The first-order chi connectivity index (χ1) is 9.60. The summed E-state index contributed by atoms with van der Waals surface area (Å²) in [5.41, 5.74) is 6.76. The van der Waals surface area contributed by atoms with Crippen molar-refractivity contribution in [1.29, 1.82) is 0 Å². The summed E-state index contributed by atoms with van der Waals surface area (Å²) in [5.74, 6) is 0. The van der Waals surface area contributed by atoms with Gasteiger partial charge >= 0.3 is 0 Å². The zero-order valence-corrected chi connectivity index (χ0v) is 12.3. The quantitative estimate of drug-likeness (QED) is 0.718. The lowest BCUT2D eigenvalue weighted by atomic mass is 9.93. The van der Waals surface area contributed by atoms with Crippen LogP contribution in [0.4, 0.5) is 0 Å². The van der Waals surface area contributed by atoms with Crippen LogP contribution in [0, 0.1) is 0 Å². The Balaban J connectivity index is 3.06. The number of allylic oxidation sites excluding steroid dienone is 5. The fraction of sp³-hybridized carbons (Fsp3) is 0.100. The third kappa shape index (κ3) is 1.85. The SMILES string of the molecule is C=CC(=C)C1=C(C=C)C(C)=c2c1c(C=C)cc/c2=C/C. The van der Waals surface area contributed by atoms with Crippen LogP contribution < -0.4 is 10.4 Å². The van der Waals surface area contributed by atoms with Crippen LogP contribution in [0.25, 0.3) is 23.3 Å². The Morgan fingerprint density at radius 2 is 1.80 bits per heavy atom. The molecule has 0 heterocycles. The molecule has 0 bridgehead atoms. The van der Waals surface area contributed by atoms with Gasteiger partial charge in [0, 0.05) is 0 Å². The molecule has 0 atom stereocenters. The maximum Gasteiger partial charge on any atom is -0.00184 e. The Hall–Kier alpha value is -2.34. The van der Waals surface area contributed by atoms with Crippen molar-refractivity contribution >= 4 is 23.3 Å². The van der Waals surface area contributed by atoms with Crippen LogP contribution in [0.2, 0.25) is 0 Å². The first-order valence-electron chi connectivity index (χ1n) is 6.72. The Kier molecular flexibility index (Phi) is 3.76. The molecule has 0 N–H and O–H groups in total. The highest BCUT2D eigenvalue weighted by Crippen LogP contribution is 2.35. The van der Waals surface area contributed by atoms with Crippen molar-refractivity contribution in [2.45, 2.75) is 13.8 Å². The van der Waals surface area contributed by atoms with Gasteiger partial charge in [0.05, 0.1) is 0 Å². The molecule has 20 heavy (non-hydrogen) atoms. The van der Waals surface area contributed by atoms with Crippen LogP contribution in [0.15, 0.2) is 61.7 Å². The number of hydrogen-bond donors (Lipinski definition) is 0. The van der Waals surface area contributed by atoms with Crippen LogP contribution in [-0.2, 0) is 0 Å². The third-order valence-electron chi connectivity index (χ3n) is 3.87. The molecule has 0 unspecified atom stereocenters. The molecule has 0 saturated carbocycles. The van der Waals surface area contributed by atoms with E-state index in [1.807, 2.05) is 12.2 Å². The summed E-state index contributed by atoms with van der Waals surface area (Å²) in [6.07, 6.45) is 7.74. The lowest BCUT2D eigenvalue weighted by molar-refractivity contribution is 1.43. The molecule has 100 valence electrons. The molecule has 1 aliphatic carbocycles. The summed E-state index contributed by atoms with van der Waals surface area (Å²) in [6, 6.07) is 4.25. The summed E-state index contributed by atoms with van der Waals surface area (Å²) in [4.78, 5) is 0. The minimum absolute atomic E-state index is 0.925. The molecule has 0 spiro atoms. The van der Waals surface area contributed by atoms with Gasteiger partial charge < -0.3 is 0 Å². The van der Waals surface area contributed by atoms with Crippen molar-refractivity contribution in [3.8, 4) is 0 Å². The first-order valence-corrected chi connectivity index (χ1v) is 6.72. The van der Waals surface area contributed by atoms with Crippen LogP contribution in [0.1, 0.15) is 25.0 Å². The van der Waals surface area contributed by atoms with Crippen molar-refractivity contribution in [3.63, 3.8) is 0 Å². The zero-order chi connectivity index (χ0) is 14.9. The smallest absolute Gasteiger partial charge is 0.00184 e. The molecule has 1 aromatic carbocycles. The normalized spacial score (nSPS) is 14.3.